The number of aromatic nitrogens is 2. The van der Waals surface area contributed by atoms with Crippen molar-refractivity contribution in [3.8, 4) is 0 Å². The summed E-state index contributed by atoms with van der Waals surface area (Å²) >= 11 is 0. The summed E-state index contributed by atoms with van der Waals surface area (Å²) in [6, 6.07) is 0.507. The van der Waals surface area contributed by atoms with Crippen molar-refractivity contribution in [2.45, 2.75) is 53.0 Å². The third-order valence-corrected chi connectivity index (χ3v) is 4.52. The van der Waals surface area contributed by atoms with Crippen LogP contribution in [0.25, 0.3) is 0 Å². The predicted molar refractivity (Wildman–Crippen MR) is 75.5 cm³/mol. The Balaban J connectivity index is 2.00. The molecule has 0 aromatic carbocycles. The molecular weight excluding hydrogens is 222 g/mol. The number of nitrogens with zero attached hydrogens (tertiary/aromatic N) is 2. The highest BCUT2D eigenvalue weighted by molar-refractivity contribution is 5.24. The van der Waals surface area contributed by atoms with Gasteiger partial charge in [-0.15, -0.1) is 0 Å². The van der Waals surface area contributed by atoms with Crippen LogP contribution in [0.15, 0.2) is 6.20 Å². The van der Waals surface area contributed by atoms with Gasteiger partial charge in [0.1, 0.15) is 0 Å². The summed E-state index contributed by atoms with van der Waals surface area (Å²) in [5, 5.41) is 8.15. The summed E-state index contributed by atoms with van der Waals surface area (Å²) in [6.45, 7) is 10.4. The van der Waals surface area contributed by atoms with Crippen LogP contribution in [-0.2, 0) is 13.5 Å². The molecule has 0 aliphatic heterocycles. The normalized spacial score (nSPS) is 21.7. The summed E-state index contributed by atoms with van der Waals surface area (Å²) in [4.78, 5) is 0. The highest BCUT2D eigenvalue weighted by atomic mass is 15.3. The molecule has 3 heteroatoms. The Morgan fingerprint density at radius 3 is 2.89 bits per heavy atom. The average molecular weight is 249 g/mol. The highest BCUT2D eigenvalue weighted by Crippen LogP contribution is 2.30. The fraction of sp³-hybridized carbons (Fsp3) is 0.800. The van der Waals surface area contributed by atoms with Crippen LogP contribution in [0.1, 0.15) is 57.8 Å². The number of hydrogen-bond donors (Lipinski definition) is 1. The zero-order valence-electron chi connectivity index (χ0n) is 12.5. The van der Waals surface area contributed by atoms with Crippen LogP contribution in [0.4, 0.5) is 0 Å². The quantitative estimate of drug-likeness (QED) is 0.892. The molecule has 1 aliphatic rings. The maximum atomic E-state index is 4.40. The van der Waals surface area contributed by atoms with Gasteiger partial charge in [-0.25, -0.2) is 0 Å². The first-order valence-corrected chi connectivity index (χ1v) is 7.13. The van der Waals surface area contributed by atoms with E-state index in [1.54, 1.807) is 0 Å². The van der Waals surface area contributed by atoms with E-state index in [1.807, 2.05) is 10.9 Å². The van der Waals surface area contributed by atoms with Crippen LogP contribution >= 0.6 is 0 Å². The largest absolute Gasteiger partial charge is 0.310 e. The summed E-state index contributed by atoms with van der Waals surface area (Å²) < 4.78 is 2.04. The van der Waals surface area contributed by atoms with E-state index in [9.17, 15) is 0 Å². The molecule has 1 aromatic heterocycles. The molecule has 18 heavy (non-hydrogen) atoms. The molecule has 3 nitrogen and oxygen atoms in total. The van der Waals surface area contributed by atoms with E-state index in [1.165, 1.54) is 30.5 Å². The number of nitrogens with one attached hydrogen (secondary N) is 1. The first-order chi connectivity index (χ1) is 8.39. The minimum Gasteiger partial charge on any atom is -0.310 e. The molecule has 2 atom stereocenters. The molecule has 1 N–H and O–H groups in total. The van der Waals surface area contributed by atoms with Gasteiger partial charge in [-0.3, -0.25) is 4.68 Å². The minimum atomic E-state index is 0.374. The zero-order chi connectivity index (χ0) is 13.3. The Labute approximate surface area is 111 Å². The molecule has 1 aromatic rings. The van der Waals surface area contributed by atoms with Crippen molar-refractivity contribution >= 4 is 0 Å². The van der Waals surface area contributed by atoms with Gasteiger partial charge in [0, 0.05) is 24.3 Å². The van der Waals surface area contributed by atoms with Gasteiger partial charge in [0.05, 0.1) is 6.20 Å². The van der Waals surface area contributed by atoms with Gasteiger partial charge in [0.2, 0.25) is 0 Å². The average Bonchev–Trinajstić information content (AvgIpc) is 2.67. The molecule has 0 saturated heterocycles. The molecule has 0 bridgehead atoms. The lowest BCUT2D eigenvalue weighted by molar-refractivity contribution is 0.241. The molecule has 1 heterocycles. The summed E-state index contributed by atoms with van der Waals surface area (Å²) in [5.74, 6) is 0.680. The molecule has 2 unspecified atom stereocenters. The third-order valence-electron chi connectivity index (χ3n) is 4.52. The van der Waals surface area contributed by atoms with Crippen LogP contribution in [-0.4, -0.2) is 16.3 Å². The molecule has 0 spiro atoms. The van der Waals surface area contributed by atoms with Gasteiger partial charge in [-0.1, -0.05) is 27.7 Å². The van der Waals surface area contributed by atoms with Gasteiger partial charge in [0.15, 0.2) is 0 Å². The van der Waals surface area contributed by atoms with Crippen molar-refractivity contribution < 1.29 is 0 Å². The van der Waals surface area contributed by atoms with Crippen molar-refractivity contribution in [2.24, 2.45) is 18.4 Å². The predicted octanol–water partition coefficient (Wildman–Crippen LogP) is 3.07. The van der Waals surface area contributed by atoms with E-state index in [0.29, 0.717) is 17.4 Å². The van der Waals surface area contributed by atoms with Gasteiger partial charge in [0.25, 0.3) is 0 Å². The third kappa shape index (κ3) is 2.77. The molecular formula is C15H27N3. The number of fused-ring (bicyclic) bond motifs is 1. The number of hydrogen-bond acceptors (Lipinski definition) is 2. The van der Waals surface area contributed by atoms with E-state index in [0.717, 1.165) is 6.54 Å². The van der Waals surface area contributed by atoms with Crippen LogP contribution < -0.4 is 5.32 Å². The van der Waals surface area contributed by atoms with Gasteiger partial charge < -0.3 is 5.32 Å². The van der Waals surface area contributed by atoms with Gasteiger partial charge >= 0.3 is 0 Å². The van der Waals surface area contributed by atoms with Crippen molar-refractivity contribution in [1.29, 1.82) is 0 Å². The summed E-state index contributed by atoms with van der Waals surface area (Å²) in [5.41, 5.74) is 3.21. The fourth-order valence-electron chi connectivity index (χ4n) is 2.54. The van der Waals surface area contributed by atoms with E-state index >= 15 is 0 Å². The minimum absolute atomic E-state index is 0.374. The summed E-state index contributed by atoms with van der Waals surface area (Å²) in [6.07, 6.45) is 5.75. The Bertz CT molecular complexity index is 400. The lowest BCUT2D eigenvalue weighted by Gasteiger charge is -2.31. The van der Waals surface area contributed by atoms with E-state index in [-0.39, 0.29) is 0 Å². The Morgan fingerprint density at radius 1 is 1.50 bits per heavy atom. The van der Waals surface area contributed by atoms with E-state index < -0.39 is 0 Å². The molecule has 1 aliphatic carbocycles. The smallest absolute Gasteiger partial charge is 0.0540 e. The van der Waals surface area contributed by atoms with Crippen LogP contribution in [0.2, 0.25) is 0 Å². The van der Waals surface area contributed by atoms with Crippen molar-refractivity contribution in [1.82, 2.24) is 15.1 Å². The van der Waals surface area contributed by atoms with E-state index in [4.69, 9.17) is 0 Å². The Morgan fingerprint density at radius 2 is 2.22 bits per heavy atom. The molecule has 0 fully saturated rings. The highest BCUT2D eigenvalue weighted by Gasteiger charge is 2.25. The second-order valence-corrected chi connectivity index (χ2v) is 6.79. The molecule has 102 valence electrons. The lowest BCUT2D eigenvalue weighted by Crippen LogP contribution is -2.33. The van der Waals surface area contributed by atoms with Gasteiger partial charge in [-0.05, 0) is 37.1 Å². The molecule has 0 radical (unpaired) electrons. The molecule has 0 saturated carbocycles. The first kappa shape index (κ1) is 13.6. The number of aryl methyl sites for hydroxylation is 1. The van der Waals surface area contributed by atoms with Crippen molar-refractivity contribution in [2.75, 3.05) is 6.54 Å². The Kier molecular flexibility index (Phi) is 3.81. The fourth-order valence-corrected chi connectivity index (χ4v) is 2.54. The molecule has 2 rings (SSSR count). The monoisotopic (exact) mass is 249 g/mol. The zero-order valence-corrected chi connectivity index (χ0v) is 12.5. The van der Waals surface area contributed by atoms with Crippen molar-refractivity contribution in [3.63, 3.8) is 0 Å². The topological polar surface area (TPSA) is 29.9 Å². The second-order valence-electron chi connectivity index (χ2n) is 6.79. The summed E-state index contributed by atoms with van der Waals surface area (Å²) in [7, 11) is 2.05. The van der Waals surface area contributed by atoms with Crippen LogP contribution in [0.3, 0.4) is 0 Å². The SMILES string of the molecule is CC(CNC1CCCc2c1cnn2C)C(C)(C)C. The molecule has 0 amide bonds. The number of rotatable bonds is 3. The Hall–Kier alpha value is -0.830. The maximum Gasteiger partial charge on any atom is 0.0540 e. The first-order valence-electron chi connectivity index (χ1n) is 7.13. The standard InChI is InChI=1S/C15H27N3/c1-11(15(2,3)4)9-16-13-7-6-8-14-12(13)10-17-18(14)5/h10-11,13,16H,6-9H2,1-5H3. The van der Waals surface area contributed by atoms with E-state index in [2.05, 4.69) is 45.2 Å². The van der Waals surface area contributed by atoms with Gasteiger partial charge in [-0.2, -0.15) is 5.10 Å². The van der Waals surface area contributed by atoms with Crippen LogP contribution in [0, 0.1) is 11.3 Å². The van der Waals surface area contributed by atoms with Crippen molar-refractivity contribution in [3.05, 3.63) is 17.5 Å². The maximum absolute atomic E-state index is 4.40. The second kappa shape index (κ2) is 5.04. The van der Waals surface area contributed by atoms with Crippen LogP contribution in [0.5, 0.6) is 0 Å². The lowest BCUT2D eigenvalue weighted by atomic mass is 9.81.